The zero-order chi connectivity index (χ0) is 18.8. The van der Waals surface area contributed by atoms with Crippen LogP contribution in [0.15, 0.2) is 48.5 Å². The molecule has 0 spiro atoms. The lowest BCUT2D eigenvalue weighted by Gasteiger charge is -2.29. The van der Waals surface area contributed by atoms with E-state index in [1.165, 1.54) is 10.4 Å². The van der Waals surface area contributed by atoms with Gasteiger partial charge in [0.25, 0.3) is 0 Å². The van der Waals surface area contributed by atoms with Crippen LogP contribution in [0.25, 0.3) is 0 Å². The third kappa shape index (κ3) is 4.47. The first-order valence-electron chi connectivity index (χ1n) is 8.04. The third-order valence-corrected chi connectivity index (χ3v) is 6.42. The van der Waals surface area contributed by atoms with Gasteiger partial charge in [-0.1, -0.05) is 30.3 Å². The van der Waals surface area contributed by atoms with Gasteiger partial charge in [-0.05, 0) is 30.2 Å². The van der Waals surface area contributed by atoms with E-state index in [0.29, 0.717) is 23.5 Å². The molecule has 2 aromatic carbocycles. The van der Waals surface area contributed by atoms with Crippen LogP contribution in [-0.4, -0.2) is 42.0 Å². The predicted octanol–water partition coefficient (Wildman–Crippen LogP) is 1.83. The largest absolute Gasteiger partial charge is 0.489 e. The highest BCUT2D eigenvalue weighted by molar-refractivity contribution is 7.92. The fraction of sp³-hybridized carbons (Fsp3) is 0.294. The zero-order valence-electron chi connectivity index (χ0n) is 14.3. The summed E-state index contributed by atoms with van der Waals surface area (Å²) in [4.78, 5) is 0. The van der Waals surface area contributed by atoms with Crippen molar-refractivity contribution in [2.24, 2.45) is 0 Å². The van der Waals surface area contributed by atoms with Crippen molar-refractivity contribution in [2.45, 2.75) is 6.42 Å². The van der Waals surface area contributed by atoms with E-state index in [1.807, 2.05) is 30.3 Å². The Kier molecular flexibility index (Phi) is 5.10. The molecule has 0 fully saturated rings. The predicted molar refractivity (Wildman–Crippen MR) is 102 cm³/mol. The Morgan fingerprint density at radius 3 is 2.50 bits per heavy atom. The molecule has 2 aromatic rings. The van der Waals surface area contributed by atoms with Gasteiger partial charge in [0.05, 0.1) is 29.9 Å². The van der Waals surface area contributed by atoms with Gasteiger partial charge >= 0.3 is 0 Å². The molecule has 0 saturated carbocycles. The maximum atomic E-state index is 12.3. The van der Waals surface area contributed by atoms with Crippen molar-refractivity contribution in [3.63, 3.8) is 0 Å². The van der Waals surface area contributed by atoms with Gasteiger partial charge in [0.15, 0.2) is 0 Å². The summed E-state index contributed by atoms with van der Waals surface area (Å²) in [7, 11) is -7.04. The number of sulfonamides is 2. The first-order valence-corrected chi connectivity index (χ1v) is 11.5. The SMILES string of the molecule is CS(=O)(=O)N1CCOc2ccc(NS(=O)(=O)CCc3ccccc3)cc21. The standard InChI is InChI=1S/C17H20N2O5S2/c1-25(20,21)19-10-11-24-17-8-7-15(13-16(17)19)18-26(22,23)12-9-14-5-3-2-4-6-14/h2-8,13,18H,9-12H2,1H3. The van der Waals surface area contributed by atoms with Crippen LogP contribution in [-0.2, 0) is 26.5 Å². The van der Waals surface area contributed by atoms with Crippen LogP contribution < -0.4 is 13.8 Å². The maximum absolute atomic E-state index is 12.3. The molecule has 1 aliphatic heterocycles. The molecule has 9 heteroatoms. The minimum absolute atomic E-state index is 0.0691. The molecule has 0 radical (unpaired) electrons. The Morgan fingerprint density at radius 2 is 1.81 bits per heavy atom. The van der Waals surface area contributed by atoms with E-state index in [9.17, 15) is 16.8 Å². The second-order valence-electron chi connectivity index (χ2n) is 6.02. The first-order chi connectivity index (χ1) is 12.2. The number of anilines is 2. The lowest BCUT2D eigenvalue weighted by molar-refractivity contribution is 0.316. The summed E-state index contributed by atoms with van der Waals surface area (Å²) in [5.41, 5.74) is 1.57. The van der Waals surface area contributed by atoms with E-state index in [4.69, 9.17) is 4.74 Å². The quantitative estimate of drug-likeness (QED) is 0.804. The van der Waals surface area contributed by atoms with Crippen molar-refractivity contribution in [1.82, 2.24) is 0 Å². The molecule has 1 heterocycles. The second-order valence-corrected chi connectivity index (χ2v) is 9.77. The van der Waals surface area contributed by atoms with Crippen LogP contribution in [0.2, 0.25) is 0 Å². The van der Waals surface area contributed by atoms with Crippen molar-refractivity contribution >= 4 is 31.4 Å². The highest BCUT2D eigenvalue weighted by atomic mass is 32.2. The Hall–Kier alpha value is -2.26. The van der Waals surface area contributed by atoms with Crippen molar-refractivity contribution < 1.29 is 21.6 Å². The Balaban J connectivity index is 1.78. The summed E-state index contributed by atoms with van der Waals surface area (Å²) in [6, 6.07) is 13.9. The Labute approximate surface area is 153 Å². The van der Waals surface area contributed by atoms with Crippen molar-refractivity contribution in [2.75, 3.05) is 34.2 Å². The van der Waals surface area contributed by atoms with Crippen LogP contribution in [0.5, 0.6) is 5.75 Å². The molecular weight excluding hydrogens is 376 g/mol. The van der Waals surface area contributed by atoms with Crippen LogP contribution >= 0.6 is 0 Å². The number of aryl methyl sites for hydroxylation is 1. The second kappa shape index (κ2) is 7.16. The normalized spacial score (nSPS) is 14.4. The Bertz CT molecular complexity index is 989. The van der Waals surface area contributed by atoms with Gasteiger partial charge in [-0.3, -0.25) is 9.03 Å². The number of ether oxygens (including phenoxy) is 1. The molecule has 7 nitrogen and oxygen atoms in total. The van der Waals surface area contributed by atoms with Gasteiger partial charge in [-0.25, -0.2) is 16.8 Å². The molecule has 0 unspecified atom stereocenters. The zero-order valence-corrected chi connectivity index (χ0v) is 15.9. The van der Waals surface area contributed by atoms with Crippen molar-refractivity contribution in [3.8, 4) is 5.75 Å². The molecule has 0 amide bonds. The smallest absolute Gasteiger partial charge is 0.233 e. The number of nitrogens with one attached hydrogen (secondary N) is 1. The van der Waals surface area contributed by atoms with Gasteiger partial charge in [0.1, 0.15) is 12.4 Å². The monoisotopic (exact) mass is 396 g/mol. The molecular formula is C17H20N2O5S2. The number of benzene rings is 2. The highest BCUT2D eigenvalue weighted by Gasteiger charge is 2.26. The molecule has 26 heavy (non-hydrogen) atoms. The molecule has 0 saturated heterocycles. The molecule has 0 bridgehead atoms. The van der Waals surface area contributed by atoms with Crippen molar-refractivity contribution in [1.29, 1.82) is 0 Å². The molecule has 140 valence electrons. The molecule has 0 aliphatic carbocycles. The van der Waals surface area contributed by atoms with Gasteiger partial charge in [-0.15, -0.1) is 0 Å². The van der Waals surface area contributed by atoms with Gasteiger partial charge < -0.3 is 4.74 Å². The molecule has 1 aliphatic rings. The number of fused-ring (bicyclic) bond motifs is 1. The number of rotatable bonds is 6. The van der Waals surface area contributed by atoms with E-state index in [0.717, 1.165) is 11.8 Å². The minimum Gasteiger partial charge on any atom is -0.489 e. The summed E-state index contributed by atoms with van der Waals surface area (Å²) < 4.78 is 57.7. The van der Waals surface area contributed by atoms with Gasteiger partial charge in [0, 0.05) is 0 Å². The van der Waals surface area contributed by atoms with Crippen LogP contribution in [0.4, 0.5) is 11.4 Å². The third-order valence-electron chi connectivity index (χ3n) is 3.96. The molecule has 0 aromatic heterocycles. The lowest BCUT2D eigenvalue weighted by atomic mass is 10.2. The van der Waals surface area contributed by atoms with Crippen LogP contribution in [0, 0.1) is 0 Å². The summed E-state index contributed by atoms with van der Waals surface area (Å²) in [6.45, 7) is 0.443. The summed E-state index contributed by atoms with van der Waals surface area (Å²) in [5, 5.41) is 0. The maximum Gasteiger partial charge on any atom is 0.233 e. The summed E-state index contributed by atoms with van der Waals surface area (Å²) >= 11 is 0. The summed E-state index contributed by atoms with van der Waals surface area (Å²) in [5.74, 6) is 0.342. The average Bonchev–Trinajstić information content (AvgIpc) is 2.59. The van der Waals surface area contributed by atoms with Gasteiger partial charge in [0.2, 0.25) is 20.0 Å². The van der Waals surface area contributed by atoms with E-state index < -0.39 is 20.0 Å². The molecule has 1 N–H and O–H groups in total. The average molecular weight is 396 g/mol. The van der Waals surface area contributed by atoms with E-state index in [-0.39, 0.29) is 18.9 Å². The summed E-state index contributed by atoms with van der Waals surface area (Å²) in [6.07, 6.45) is 1.50. The lowest BCUT2D eigenvalue weighted by Crippen LogP contribution is -2.37. The minimum atomic E-state index is -3.57. The number of nitrogens with zero attached hydrogens (tertiary/aromatic N) is 1. The van der Waals surface area contributed by atoms with E-state index >= 15 is 0 Å². The van der Waals surface area contributed by atoms with Crippen LogP contribution in [0.3, 0.4) is 0 Å². The highest BCUT2D eigenvalue weighted by Crippen LogP contribution is 2.35. The molecule has 0 atom stereocenters. The Morgan fingerprint density at radius 1 is 1.08 bits per heavy atom. The number of hydrogen-bond donors (Lipinski definition) is 1. The topological polar surface area (TPSA) is 92.8 Å². The van der Waals surface area contributed by atoms with Crippen molar-refractivity contribution in [3.05, 3.63) is 54.1 Å². The van der Waals surface area contributed by atoms with E-state index in [1.54, 1.807) is 12.1 Å². The number of hydrogen-bond acceptors (Lipinski definition) is 5. The fourth-order valence-electron chi connectivity index (χ4n) is 2.73. The molecule has 3 rings (SSSR count). The first kappa shape index (κ1) is 18.5. The fourth-order valence-corrected chi connectivity index (χ4v) is 4.73. The van der Waals surface area contributed by atoms with E-state index in [2.05, 4.69) is 4.72 Å². The van der Waals surface area contributed by atoms with Gasteiger partial charge in [-0.2, -0.15) is 0 Å². The van der Waals surface area contributed by atoms with Crippen LogP contribution in [0.1, 0.15) is 5.56 Å².